The number of carbonyl (C=O) groups is 1. The predicted octanol–water partition coefficient (Wildman–Crippen LogP) is 5.19. The third kappa shape index (κ3) is 4.22. The van der Waals surface area contributed by atoms with Gasteiger partial charge >= 0.3 is 0 Å². The van der Waals surface area contributed by atoms with Gasteiger partial charge in [-0.15, -0.1) is 0 Å². The standard InChI is InChI=1S/C23H17N3O2/c27-23(26-19-11-5-2-6-12-19)18-10-7-13-20(14-18)28-22-15-21(24-16-25-22)17-8-3-1-4-9-17/h1-16H,(H,26,27). The van der Waals surface area contributed by atoms with Crippen molar-refractivity contribution < 1.29 is 9.53 Å². The highest BCUT2D eigenvalue weighted by molar-refractivity contribution is 6.04. The maximum absolute atomic E-state index is 12.5. The van der Waals surface area contributed by atoms with Crippen LogP contribution in [0.1, 0.15) is 10.4 Å². The molecular weight excluding hydrogens is 350 g/mol. The highest BCUT2D eigenvalue weighted by Gasteiger charge is 2.09. The number of para-hydroxylation sites is 1. The maximum atomic E-state index is 12.5. The second-order valence-corrected chi connectivity index (χ2v) is 6.06. The fraction of sp³-hybridized carbons (Fsp3) is 0. The summed E-state index contributed by atoms with van der Waals surface area (Å²) in [6, 6.07) is 27.9. The van der Waals surface area contributed by atoms with Gasteiger partial charge in [-0.3, -0.25) is 4.79 Å². The number of hydrogen-bond donors (Lipinski definition) is 1. The molecule has 0 unspecified atom stereocenters. The molecule has 0 fully saturated rings. The molecule has 28 heavy (non-hydrogen) atoms. The SMILES string of the molecule is O=C(Nc1ccccc1)c1cccc(Oc2cc(-c3ccccc3)ncn2)c1. The van der Waals surface area contributed by atoms with Gasteiger partial charge in [-0.2, -0.15) is 0 Å². The van der Waals surface area contributed by atoms with Crippen molar-refractivity contribution in [3.8, 4) is 22.9 Å². The Morgan fingerprint density at radius 2 is 1.54 bits per heavy atom. The van der Waals surface area contributed by atoms with Crippen LogP contribution in [0.2, 0.25) is 0 Å². The molecule has 0 atom stereocenters. The molecule has 5 heteroatoms. The number of benzene rings is 3. The number of anilines is 1. The van der Waals surface area contributed by atoms with Gasteiger partial charge in [0.2, 0.25) is 5.88 Å². The van der Waals surface area contributed by atoms with Crippen LogP contribution in [0.15, 0.2) is 97.3 Å². The first-order chi connectivity index (χ1) is 13.8. The molecule has 4 rings (SSSR count). The van der Waals surface area contributed by atoms with Crippen LogP contribution >= 0.6 is 0 Å². The lowest BCUT2D eigenvalue weighted by Crippen LogP contribution is -2.11. The number of ether oxygens (including phenoxy) is 1. The lowest BCUT2D eigenvalue weighted by molar-refractivity contribution is 0.102. The molecule has 136 valence electrons. The van der Waals surface area contributed by atoms with E-state index in [1.807, 2.05) is 60.7 Å². The molecule has 0 saturated carbocycles. The predicted molar refractivity (Wildman–Crippen MR) is 108 cm³/mol. The first kappa shape index (κ1) is 17.4. The molecule has 3 aromatic carbocycles. The molecule has 0 spiro atoms. The number of amides is 1. The first-order valence-corrected chi connectivity index (χ1v) is 8.80. The number of nitrogens with one attached hydrogen (secondary N) is 1. The van der Waals surface area contributed by atoms with E-state index in [1.54, 1.807) is 30.3 Å². The molecule has 0 aliphatic carbocycles. The summed E-state index contributed by atoms with van der Waals surface area (Å²) < 4.78 is 5.85. The van der Waals surface area contributed by atoms with E-state index in [2.05, 4.69) is 15.3 Å². The lowest BCUT2D eigenvalue weighted by atomic mass is 10.1. The van der Waals surface area contributed by atoms with E-state index >= 15 is 0 Å². The summed E-state index contributed by atoms with van der Waals surface area (Å²) in [6.45, 7) is 0. The van der Waals surface area contributed by atoms with Gasteiger partial charge in [-0.1, -0.05) is 54.6 Å². The van der Waals surface area contributed by atoms with Crippen LogP contribution in [-0.2, 0) is 0 Å². The van der Waals surface area contributed by atoms with Gasteiger partial charge in [-0.05, 0) is 30.3 Å². The Hall–Kier alpha value is -3.99. The normalized spacial score (nSPS) is 10.3. The van der Waals surface area contributed by atoms with Crippen molar-refractivity contribution in [3.63, 3.8) is 0 Å². The minimum Gasteiger partial charge on any atom is -0.439 e. The highest BCUT2D eigenvalue weighted by Crippen LogP contribution is 2.24. The molecule has 1 N–H and O–H groups in total. The molecule has 0 radical (unpaired) electrons. The van der Waals surface area contributed by atoms with Gasteiger partial charge < -0.3 is 10.1 Å². The molecule has 4 aromatic rings. The zero-order valence-electron chi connectivity index (χ0n) is 14.9. The monoisotopic (exact) mass is 367 g/mol. The summed E-state index contributed by atoms with van der Waals surface area (Å²) in [5.41, 5.74) is 2.98. The average molecular weight is 367 g/mol. The second-order valence-electron chi connectivity index (χ2n) is 6.06. The number of aromatic nitrogens is 2. The number of rotatable bonds is 5. The Morgan fingerprint density at radius 3 is 2.32 bits per heavy atom. The maximum Gasteiger partial charge on any atom is 0.255 e. The van der Waals surface area contributed by atoms with Gasteiger partial charge in [0.25, 0.3) is 5.91 Å². The largest absolute Gasteiger partial charge is 0.439 e. The van der Waals surface area contributed by atoms with E-state index in [4.69, 9.17) is 4.74 Å². The van der Waals surface area contributed by atoms with Gasteiger partial charge in [0.15, 0.2) is 0 Å². The number of nitrogens with zero attached hydrogens (tertiary/aromatic N) is 2. The molecule has 0 aliphatic heterocycles. The van der Waals surface area contributed by atoms with E-state index in [9.17, 15) is 4.79 Å². The fourth-order valence-corrected chi connectivity index (χ4v) is 2.71. The second kappa shape index (κ2) is 8.14. The average Bonchev–Trinajstić information content (AvgIpc) is 2.75. The Labute approximate surface area is 162 Å². The molecule has 0 saturated heterocycles. The summed E-state index contributed by atoms with van der Waals surface area (Å²) >= 11 is 0. The van der Waals surface area contributed by atoms with Gasteiger partial charge in [-0.25, -0.2) is 9.97 Å². The summed E-state index contributed by atoms with van der Waals surface area (Å²) in [7, 11) is 0. The van der Waals surface area contributed by atoms with Gasteiger partial charge in [0, 0.05) is 22.9 Å². The summed E-state index contributed by atoms with van der Waals surface area (Å²) in [5.74, 6) is 0.734. The molecule has 5 nitrogen and oxygen atoms in total. The Bertz CT molecular complexity index is 1080. The summed E-state index contributed by atoms with van der Waals surface area (Å²) in [6.07, 6.45) is 1.46. The zero-order chi connectivity index (χ0) is 19.2. The van der Waals surface area contributed by atoms with Crippen molar-refractivity contribution in [1.29, 1.82) is 0 Å². The van der Waals surface area contributed by atoms with Crippen LogP contribution in [0, 0.1) is 0 Å². The van der Waals surface area contributed by atoms with Crippen LogP contribution in [0.4, 0.5) is 5.69 Å². The minimum absolute atomic E-state index is 0.204. The zero-order valence-corrected chi connectivity index (χ0v) is 14.9. The van der Waals surface area contributed by atoms with Crippen molar-refractivity contribution in [2.75, 3.05) is 5.32 Å². The molecule has 1 heterocycles. The topological polar surface area (TPSA) is 64.1 Å². The molecule has 1 amide bonds. The molecule has 1 aromatic heterocycles. The van der Waals surface area contributed by atoms with E-state index < -0.39 is 0 Å². The van der Waals surface area contributed by atoms with E-state index in [0.717, 1.165) is 16.9 Å². The fourth-order valence-electron chi connectivity index (χ4n) is 2.71. The quantitative estimate of drug-likeness (QED) is 0.527. The summed E-state index contributed by atoms with van der Waals surface area (Å²) in [4.78, 5) is 20.9. The van der Waals surface area contributed by atoms with Crippen LogP contribution in [0.3, 0.4) is 0 Å². The highest BCUT2D eigenvalue weighted by atomic mass is 16.5. The van der Waals surface area contributed by atoms with Crippen LogP contribution < -0.4 is 10.1 Å². The molecular formula is C23H17N3O2. The van der Waals surface area contributed by atoms with E-state index in [0.29, 0.717) is 17.2 Å². The Kier molecular flexibility index (Phi) is 5.06. The Morgan fingerprint density at radius 1 is 0.786 bits per heavy atom. The minimum atomic E-state index is -0.204. The molecule has 0 aliphatic rings. The van der Waals surface area contributed by atoms with Crippen molar-refractivity contribution in [3.05, 3.63) is 103 Å². The van der Waals surface area contributed by atoms with Crippen molar-refractivity contribution in [2.45, 2.75) is 0 Å². The van der Waals surface area contributed by atoms with E-state index in [1.165, 1.54) is 6.33 Å². The van der Waals surface area contributed by atoms with Crippen molar-refractivity contribution in [2.24, 2.45) is 0 Å². The number of hydrogen-bond acceptors (Lipinski definition) is 4. The van der Waals surface area contributed by atoms with Crippen LogP contribution in [0.5, 0.6) is 11.6 Å². The van der Waals surface area contributed by atoms with Gasteiger partial charge in [0.05, 0.1) is 5.69 Å². The third-order valence-electron chi connectivity index (χ3n) is 4.06. The Balaban J connectivity index is 1.52. The van der Waals surface area contributed by atoms with Gasteiger partial charge in [0.1, 0.15) is 12.1 Å². The first-order valence-electron chi connectivity index (χ1n) is 8.80. The third-order valence-corrected chi connectivity index (χ3v) is 4.06. The lowest BCUT2D eigenvalue weighted by Gasteiger charge is -2.09. The van der Waals surface area contributed by atoms with Crippen LogP contribution in [0.25, 0.3) is 11.3 Å². The number of carbonyl (C=O) groups excluding carboxylic acids is 1. The van der Waals surface area contributed by atoms with Crippen LogP contribution in [-0.4, -0.2) is 15.9 Å². The smallest absolute Gasteiger partial charge is 0.255 e. The van der Waals surface area contributed by atoms with Crippen molar-refractivity contribution in [1.82, 2.24) is 9.97 Å². The van der Waals surface area contributed by atoms with Crippen molar-refractivity contribution >= 4 is 11.6 Å². The molecule has 0 bridgehead atoms. The summed E-state index contributed by atoms with van der Waals surface area (Å²) in [5, 5.41) is 2.86. The van der Waals surface area contributed by atoms with E-state index in [-0.39, 0.29) is 5.91 Å².